The van der Waals surface area contributed by atoms with Crippen LogP contribution in [0.3, 0.4) is 0 Å². The van der Waals surface area contributed by atoms with Crippen LogP contribution >= 0.6 is 12.4 Å². The van der Waals surface area contributed by atoms with E-state index in [-0.39, 0.29) is 35.8 Å². The Hall–Kier alpha value is -1.73. The molecule has 5 nitrogen and oxygen atoms in total. The van der Waals surface area contributed by atoms with Gasteiger partial charge in [-0.25, -0.2) is 8.78 Å². The van der Waals surface area contributed by atoms with E-state index in [2.05, 4.69) is 0 Å². The molecule has 1 aromatic carbocycles. The normalized spacial score (nSPS) is 20.9. The molecule has 0 aliphatic carbocycles. The lowest BCUT2D eigenvalue weighted by molar-refractivity contribution is -0.140. The number of amides is 2. The van der Waals surface area contributed by atoms with Crippen molar-refractivity contribution in [2.45, 2.75) is 38.1 Å². The van der Waals surface area contributed by atoms with Crippen LogP contribution in [0.25, 0.3) is 0 Å². The highest BCUT2D eigenvalue weighted by Crippen LogP contribution is 2.25. The number of piperidine rings is 2. The summed E-state index contributed by atoms with van der Waals surface area (Å²) in [6.07, 6.45) is 4.16. The maximum atomic E-state index is 13.8. The van der Waals surface area contributed by atoms with Crippen molar-refractivity contribution in [2.75, 3.05) is 26.2 Å². The minimum absolute atomic E-state index is 0. The fraction of sp³-hybridized carbons (Fsp3) is 0.579. The summed E-state index contributed by atoms with van der Waals surface area (Å²) in [6, 6.07) is 3.08. The second kappa shape index (κ2) is 9.46. The first-order valence-electron chi connectivity index (χ1n) is 9.26. The van der Waals surface area contributed by atoms with Crippen LogP contribution in [0.15, 0.2) is 18.2 Å². The number of nitrogens with zero attached hydrogens (tertiary/aromatic N) is 2. The van der Waals surface area contributed by atoms with E-state index in [0.717, 1.165) is 31.9 Å². The van der Waals surface area contributed by atoms with Gasteiger partial charge in [-0.3, -0.25) is 9.59 Å². The molecule has 2 N–H and O–H groups in total. The number of rotatable bonds is 3. The zero-order valence-corrected chi connectivity index (χ0v) is 16.0. The molecule has 27 heavy (non-hydrogen) atoms. The fourth-order valence-corrected chi connectivity index (χ4v) is 3.93. The standard InChI is InChI=1S/C19H25F2N3O2.ClH/c20-14-4-5-16(17(21)11-14)19(26)23-9-6-13(7-10-23)18(25)24-8-2-1-3-15(24)12-22;/h4-5,11,13,15H,1-3,6-10,12,22H2;1H. The minimum atomic E-state index is -0.854. The van der Waals surface area contributed by atoms with Crippen molar-refractivity contribution in [3.05, 3.63) is 35.4 Å². The smallest absolute Gasteiger partial charge is 0.256 e. The molecule has 0 saturated carbocycles. The van der Waals surface area contributed by atoms with Crippen LogP contribution in [0.1, 0.15) is 42.5 Å². The third-order valence-corrected chi connectivity index (χ3v) is 5.48. The molecular formula is C19H26ClF2N3O2. The van der Waals surface area contributed by atoms with Gasteiger partial charge in [0, 0.05) is 44.2 Å². The van der Waals surface area contributed by atoms with Gasteiger partial charge >= 0.3 is 0 Å². The number of likely N-dealkylation sites (tertiary alicyclic amines) is 2. The van der Waals surface area contributed by atoms with E-state index >= 15 is 0 Å². The van der Waals surface area contributed by atoms with Gasteiger partial charge in [-0.2, -0.15) is 0 Å². The quantitative estimate of drug-likeness (QED) is 0.846. The van der Waals surface area contributed by atoms with E-state index in [1.807, 2.05) is 4.90 Å². The third kappa shape index (κ3) is 4.76. The number of hydrogen-bond donors (Lipinski definition) is 1. The van der Waals surface area contributed by atoms with E-state index in [0.29, 0.717) is 38.5 Å². The van der Waals surface area contributed by atoms with Gasteiger partial charge in [-0.1, -0.05) is 0 Å². The van der Waals surface area contributed by atoms with Gasteiger partial charge in [-0.15, -0.1) is 12.4 Å². The number of hydrogen-bond acceptors (Lipinski definition) is 3. The van der Waals surface area contributed by atoms with Crippen LogP contribution in [-0.4, -0.2) is 53.8 Å². The molecule has 2 heterocycles. The Morgan fingerprint density at radius 3 is 2.41 bits per heavy atom. The predicted molar refractivity (Wildman–Crippen MR) is 101 cm³/mol. The van der Waals surface area contributed by atoms with Crippen molar-refractivity contribution in [3.8, 4) is 0 Å². The minimum Gasteiger partial charge on any atom is -0.339 e. The molecule has 0 bridgehead atoms. The van der Waals surface area contributed by atoms with Crippen LogP contribution < -0.4 is 5.73 Å². The third-order valence-electron chi connectivity index (χ3n) is 5.48. The molecule has 1 aromatic rings. The van der Waals surface area contributed by atoms with Crippen molar-refractivity contribution in [3.63, 3.8) is 0 Å². The van der Waals surface area contributed by atoms with Gasteiger partial charge in [0.25, 0.3) is 5.91 Å². The second-order valence-electron chi connectivity index (χ2n) is 7.11. The maximum Gasteiger partial charge on any atom is 0.256 e. The first-order valence-corrected chi connectivity index (χ1v) is 9.26. The number of nitrogens with two attached hydrogens (primary N) is 1. The Kier molecular flexibility index (Phi) is 7.56. The molecule has 2 amide bonds. The summed E-state index contributed by atoms with van der Waals surface area (Å²) in [7, 11) is 0. The number of benzene rings is 1. The first-order chi connectivity index (χ1) is 12.5. The first kappa shape index (κ1) is 21.6. The molecule has 2 saturated heterocycles. The summed E-state index contributed by atoms with van der Waals surface area (Å²) >= 11 is 0. The monoisotopic (exact) mass is 401 g/mol. The van der Waals surface area contributed by atoms with Gasteiger partial charge in [0.05, 0.1) is 5.56 Å². The highest BCUT2D eigenvalue weighted by atomic mass is 35.5. The molecule has 8 heteroatoms. The Morgan fingerprint density at radius 1 is 1.07 bits per heavy atom. The average Bonchev–Trinajstić information content (AvgIpc) is 2.67. The summed E-state index contributed by atoms with van der Waals surface area (Å²) in [5.41, 5.74) is 5.67. The van der Waals surface area contributed by atoms with Crippen molar-refractivity contribution >= 4 is 24.2 Å². The Morgan fingerprint density at radius 2 is 1.78 bits per heavy atom. The predicted octanol–water partition coefficient (Wildman–Crippen LogP) is 2.58. The Bertz CT molecular complexity index is 681. The molecule has 2 aliphatic heterocycles. The topological polar surface area (TPSA) is 66.6 Å². The molecule has 2 aliphatic rings. The molecular weight excluding hydrogens is 376 g/mol. The molecule has 3 rings (SSSR count). The lowest BCUT2D eigenvalue weighted by atomic mass is 9.92. The zero-order valence-electron chi connectivity index (χ0n) is 15.2. The summed E-state index contributed by atoms with van der Waals surface area (Å²) < 4.78 is 26.8. The SMILES string of the molecule is Cl.NCC1CCCCN1C(=O)C1CCN(C(=O)c2ccc(F)cc2F)CC1. The van der Waals surface area contributed by atoms with Gasteiger partial charge in [0.2, 0.25) is 5.91 Å². The van der Waals surface area contributed by atoms with Crippen LogP contribution in [-0.2, 0) is 4.79 Å². The summed E-state index contributed by atoms with van der Waals surface area (Å²) in [6.45, 7) is 2.02. The molecule has 1 atom stereocenters. The molecule has 1 unspecified atom stereocenters. The van der Waals surface area contributed by atoms with Crippen LogP contribution in [0, 0.1) is 17.6 Å². The lowest BCUT2D eigenvalue weighted by Gasteiger charge is -2.39. The molecule has 0 radical (unpaired) electrons. The lowest BCUT2D eigenvalue weighted by Crippen LogP contribution is -2.51. The van der Waals surface area contributed by atoms with Gasteiger partial charge in [0.15, 0.2) is 0 Å². The average molecular weight is 402 g/mol. The van der Waals surface area contributed by atoms with E-state index in [1.165, 1.54) is 11.0 Å². The largest absolute Gasteiger partial charge is 0.339 e. The molecule has 2 fully saturated rings. The molecule has 0 aromatic heterocycles. The number of carbonyl (C=O) groups is 2. The van der Waals surface area contributed by atoms with Crippen molar-refractivity contribution in [1.82, 2.24) is 9.80 Å². The van der Waals surface area contributed by atoms with Crippen LogP contribution in [0.4, 0.5) is 8.78 Å². The molecule has 150 valence electrons. The van der Waals surface area contributed by atoms with Crippen molar-refractivity contribution < 1.29 is 18.4 Å². The van der Waals surface area contributed by atoms with Crippen molar-refractivity contribution in [2.24, 2.45) is 11.7 Å². The Labute approximate surface area is 164 Å². The summed E-state index contributed by atoms with van der Waals surface area (Å²) in [5, 5.41) is 0. The van der Waals surface area contributed by atoms with E-state index in [1.54, 1.807) is 0 Å². The summed E-state index contributed by atoms with van der Waals surface area (Å²) in [4.78, 5) is 28.7. The Balaban J connectivity index is 0.00000261. The van der Waals surface area contributed by atoms with Crippen LogP contribution in [0.5, 0.6) is 0 Å². The second-order valence-corrected chi connectivity index (χ2v) is 7.11. The van der Waals surface area contributed by atoms with Gasteiger partial charge in [0.1, 0.15) is 11.6 Å². The highest BCUT2D eigenvalue weighted by molar-refractivity contribution is 5.94. The number of halogens is 3. The maximum absolute atomic E-state index is 13.8. The van der Waals surface area contributed by atoms with Gasteiger partial charge < -0.3 is 15.5 Å². The number of carbonyl (C=O) groups excluding carboxylic acids is 2. The van der Waals surface area contributed by atoms with Crippen LogP contribution in [0.2, 0.25) is 0 Å². The van der Waals surface area contributed by atoms with Crippen molar-refractivity contribution in [1.29, 1.82) is 0 Å². The van der Waals surface area contributed by atoms with E-state index < -0.39 is 17.5 Å². The molecule has 0 spiro atoms. The zero-order chi connectivity index (χ0) is 18.7. The summed E-state index contributed by atoms with van der Waals surface area (Å²) in [5.74, 6) is -2.01. The van der Waals surface area contributed by atoms with E-state index in [4.69, 9.17) is 5.73 Å². The van der Waals surface area contributed by atoms with Gasteiger partial charge in [-0.05, 0) is 44.2 Å². The highest BCUT2D eigenvalue weighted by Gasteiger charge is 2.34. The van der Waals surface area contributed by atoms with E-state index in [9.17, 15) is 18.4 Å². The fourth-order valence-electron chi connectivity index (χ4n) is 3.93.